The summed E-state index contributed by atoms with van der Waals surface area (Å²) in [5.74, 6) is -0.251. The fourth-order valence-electron chi connectivity index (χ4n) is 0.487. The Bertz CT molecular complexity index is 261. The number of hydrogen-bond acceptors (Lipinski definition) is 3. The van der Waals surface area contributed by atoms with E-state index in [4.69, 9.17) is 11.6 Å². The Hall–Kier alpha value is -0.680. The second-order valence-electron chi connectivity index (χ2n) is 1.74. The van der Waals surface area contributed by atoms with Crippen LogP contribution in [0.2, 0.25) is 5.28 Å². The maximum Gasteiger partial charge on any atom is 0.487 e. The summed E-state index contributed by atoms with van der Waals surface area (Å²) >= 11 is 9.75. The molecule has 0 unspecified atom stereocenters. The third-order valence-electron chi connectivity index (χ3n) is 0.830. The van der Waals surface area contributed by atoms with E-state index in [0.29, 0.717) is 0 Å². The highest BCUT2D eigenvalue weighted by Gasteiger charge is 2.27. The number of rotatable bonds is 2. The number of hydrogen-bond donors (Lipinski definition) is 0. The first-order valence-corrected chi connectivity index (χ1v) is 3.46. The molecule has 1 aromatic heterocycles. The topological polar surface area (TPSA) is 35.0 Å². The lowest BCUT2D eigenvalue weighted by Crippen LogP contribution is -2.15. The first kappa shape index (κ1) is 9.41. The first-order valence-electron chi connectivity index (χ1n) is 2.71. The van der Waals surface area contributed by atoms with Crippen LogP contribution >= 0.6 is 23.2 Å². The Balaban J connectivity index is 2.71. The summed E-state index contributed by atoms with van der Waals surface area (Å²) in [4.78, 5) is 6.80. The van der Waals surface area contributed by atoms with Gasteiger partial charge < -0.3 is 4.74 Å². The predicted molar refractivity (Wildman–Crippen MR) is 38.5 cm³/mol. The molecular formula is C5H2Cl2F2N2O. The molecule has 0 aliphatic rings. The molecule has 0 bridgehead atoms. The lowest BCUT2D eigenvalue weighted by atomic mass is 10.6. The molecule has 0 radical (unpaired) electrons. The predicted octanol–water partition coefficient (Wildman–Crippen LogP) is 2.30. The molecule has 0 spiro atoms. The number of nitrogens with zero attached hydrogens (tertiary/aromatic N) is 2. The molecule has 3 nitrogen and oxygen atoms in total. The van der Waals surface area contributed by atoms with Crippen LogP contribution in [0.5, 0.6) is 5.75 Å². The van der Waals surface area contributed by atoms with Crippen molar-refractivity contribution in [1.82, 2.24) is 9.97 Å². The third kappa shape index (κ3) is 3.15. The van der Waals surface area contributed by atoms with E-state index in [9.17, 15) is 8.78 Å². The molecule has 0 aliphatic carbocycles. The molecule has 0 fully saturated rings. The summed E-state index contributed by atoms with van der Waals surface area (Å²) in [5, 5.41) is -0.0553. The average Bonchev–Trinajstić information content (AvgIpc) is 1.91. The zero-order valence-corrected chi connectivity index (χ0v) is 6.98. The maximum absolute atomic E-state index is 12.0. The summed E-state index contributed by atoms with van der Waals surface area (Å²) in [7, 11) is 0. The quantitative estimate of drug-likeness (QED) is 0.560. The smallest absolute Gasteiger partial charge is 0.417 e. The largest absolute Gasteiger partial charge is 0.487 e. The van der Waals surface area contributed by atoms with Crippen molar-refractivity contribution < 1.29 is 13.5 Å². The number of aromatic nitrogens is 2. The van der Waals surface area contributed by atoms with E-state index in [1.165, 1.54) is 0 Å². The lowest BCUT2D eigenvalue weighted by Gasteiger charge is -2.08. The van der Waals surface area contributed by atoms with Crippen LogP contribution in [0.1, 0.15) is 0 Å². The molecule has 7 heteroatoms. The molecule has 0 aliphatic heterocycles. The molecule has 0 saturated heterocycles. The first-order chi connectivity index (χ1) is 5.47. The Morgan fingerprint density at radius 1 is 1.33 bits per heavy atom. The molecule has 1 heterocycles. The van der Waals surface area contributed by atoms with Crippen LogP contribution in [0.4, 0.5) is 8.78 Å². The summed E-state index contributed by atoms with van der Waals surface area (Å²) < 4.78 is 27.8. The molecule has 1 rings (SSSR count). The minimum Gasteiger partial charge on any atom is -0.417 e. The summed E-state index contributed by atoms with van der Waals surface area (Å²) in [5.41, 5.74) is -3.75. The molecule has 12 heavy (non-hydrogen) atoms. The Morgan fingerprint density at radius 3 is 2.25 bits per heavy atom. The number of halogens is 4. The normalized spacial score (nSPS) is 11.3. The van der Waals surface area contributed by atoms with E-state index in [2.05, 4.69) is 26.3 Å². The fraction of sp³-hybridized carbons (Fsp3) is 0.200. The zero-order chi connectivity index (χ0) is 9.19. The van der Waals surface area contributed by atoms with Crippen LogP contribution in [0.25, 0.3) is 0 Å². The van der Waals surface area contributed by atoms with E-state index in [0.717, 1.165) is 12.4 Å². The molecule has 0 amide bonds. The van der Waals surface area contributed by atoms with Crippen molar-refractivity contribution in [3.63, 3.8) is 0 Å². The van der Waals surface area contributed by atoms with Gasteiger partial charge in [0.15, 0.2) is 5.75 Å². The Morgan fingerprint density at radius 2 is 1.83 bits per heavy atom. The second kappa shape index (κ2) is 3.37. The van der Waals surface area contributed by atoms with E-state index in [1.807, 2.05) is 0 Å². The van der Waals surface area contributed by atoms with Crippen molar-refractivity contribution in [2.45, 2.75) is 5.57 Å². The molecule has 0 aromatic carbocycles. The van der Waals surface area contributed by atoms with Gasteiger partial charge in [-0.1, -0.05) is 0 Å². The summed E-state index contributed by atoms with van der Waals surface area (Å²) in [6, 6.07) is 0. The minimum absolute atomic E-state index is 0.0553. The van der Waals surface area contributed by atoms with Gasteiger partial charge in [0.2, 0.25) is 5.28 Å². The van der Waals surface area contributed by atoms with Gasteiger partial charge >= 0.3 is 5.57 Å². The maximum atomic E-state index is 12.0. The van der Waals surface area contributed by atoms with Crippen molar-refractivity contribution in [3.05, 3.63) is 17.7 Å². The van der Waals surface area contributed by atoms with Gasteiger partial charge in [0.1, 0.15) is 0 Å². The third-order valence-corrected chi connectivity index (χ3v) is 1.10. The number of alkyl halides is 3. The second-order valence-corrected chi connectivity index (χ2v) is 2.51. The SMILES string of the molecule is FC(F)(Cl)Oc1cnc(Cl)nc1. The molecule has 1 aromatic rings. The molecule has 0 N–H and O–H groups in total. The van der Waals surface area contributed by atoms with Gasteiger partial charge in [-0.2, -0.15) is 0 Å². The van der Waals surface area contributed by atoms with Gasteiger partial charge in [-0.25, -0.2) is 9.97 Å². The fourth-order valence-corrected chi connectivity index (χ4v) is 0.673. The highest BCUT2D eigenvalue weighted by Crippen LogP contribution is 2.23. The van der Waals surface area contributed by atoms with Crippen LogP contribution in [-0.2, 0) is 0 Å². The van der Waals surface area contributed by atoms with Crippen molar-refractivity contribution in [2.24, 2.45) is 0 Å². The highest BCUT2D eigenvalue weighted by molar-refractivity contribution is 6.28. The van der Waals surface area contributed by atoms with Crippen molar-refractivity contribution in [1.29, 1.82) is 0 Å². The van der Waals surface area contributed by atoms with E-state index in [-0.39, 0.29) is 11.0 Å². The van der Waals surface area contributed by atoms with Crippen LogP contribution in [0.15, 0.2) is 12.4 Å². The van der Waals surface area contributed by atoms with E-state index >= 15 is 0 Å². The number of ether oxygens (including phenoxy) is 1. The average molecular weight is 215 g/mol. The van der Waals surface area contributed by atoms with Crippen LogP contribution < -0.4 is 4.74 Å². The molecule has 66 valence electrons. The Labute approximate surface area is 76.3 Å². The van der Waals surface area contributed by atoms with Gasteiger partial charge in [0.25, 0.3) is 0 Å². The zero-order valence-electron chi connectivity index (χ0n) is 5.47. The van der Waals surface area contributed by atoms with Gasteiger partial charge in [-0.05, 0) is 11.6 Å². The van der Waals surface area contributed by atoms with Crippen LogP contribution in [0.3, 0.4) is 0 Å². The molecule has 0 saturated carbocycles. The van der Waals surface area contributed by atoms with Gasteiger partial charge in [-0.15, -0.1) is 8.78 Å². The van der Waals surface area contributed by atoms with Gasteiger partial charge in [0, 0.05) is 11.6 Å². The molecular weight excluding hydrogens is 213 g/mol. The monoisotopic (exact) mass is 214 g/mol. The summed E-state index contributed by atoms with van der Waals surface area (Å²) in [6.07, 6.45) is 1.98. The van der Waals surface area contributed by atoms with E-state index < -0.39 is 5.57 Å². The van der Waals surface area contributed by atoms with E-state index in [1.54, 1.807) is 0 Å². The minimum atomic E-state index is -3.75. The van der Waals surface area contributed by atoms with Gasteiger partial charge in [0.05, 0.1) is 12.4 Å². The van der Waals surface area contributed by atoms with Crippen molar-refractivity contribution in [2.75, 3.05) is 0 Å². The molecule has 0 atom stereocenters. The summed E-state index contributed by atoms with van der Waals surface area (Å²) in [6.45, 7) is 0. The van der Waals surface area contributed by atoms with Crippen molar-refractivity contribution >= 4 is 23.2 Å². The Kier molecular flexibility index (Phi) is 2.64. The lowest BCUT2D eigenvalue weighted by molar-refractivity contribution is -0.0968. The van der Waals surface area contributed by atoms with Gasteiger partial charge in [-0.3, -0.25) is 0 Å². The standard InChI is InChI=1S/C5H2Cl2F2N2O/c6-4-10-1-3(2-11-4)12-5(7,8)9/h1-2H. The van der Waals surface area contributed by atoms with Crippen LogP contribution in [0, 0.1) is 0 Å². The van der Waals surface area contributed by atoms with Crippen molar-refractivity contribution in [3.8, 4) is 5.75 Å². The highest BCUT2D eigenvalue weighted by atomic mass is 35.5. The van der Waals surface area contributed by atoms with Crippen LogP contribution in [-0.4, -0.2) is 15.5 Å².